The second kappa shape index (κ2) is 48.5. The molecule has 0 fully saturated rings. The molecule has 32 valence electrons. The zero-order valence-electron chi connectivity index (χ0n) is 5.51. The molecule has 0 aliphatic carbocycles. The topological polar surface area (TPSA) is 0 Å². The van der Waals surface area contributed by atoms with Gasteiger partial charge < -0.3 is 95.9 Å². The molecule has 0 saturated carbocycles. The molecule has 0 aromatic heterocycles. The molecule has 8 heavy (non-hydrogen) atoms. The molecule has 0 saturated heterocycles. The van der Waals surface area contributed by atoms with Crippen molar-refractivity contribution in [2.45, 2.75) is 0 Å². The van der Waals surface area contributed by atoms with Crippen LogP contribution in [0, 0.1) is 0 Å². The molecule has 0 unspecified atom stereocenters. The fraction of sp³-hybridized carbons (Fsp3) is 0. The van der Waals surface area contributed by atoms with E-state index < -0.39 is 0 Å². The molecule has 0 atom stereocenters. The summed E-state index contributed by atoms with van der Waals surface area (Å²) in [4.78, 5) is 0. The van der Waals surface area contributed by atoms with Gasteiger partial charge in [-0.3, -0.25) is 0 Å². The van der Waals surface area contributed by atoms with Crippen molar-refractivity contribution in [3.8, 4) is 0 Å². The van der Waals surface area contributed by atoms with Crippen molar-refractivity contribution in [1.29, 1.82) is 0 Å². The van der Waals surface area contributed by atoms with Crippen LogP contribution in [-0.2, 0) is 0 Å². The predicted octanol–water partition coefficient (Wildman–Crippen LogP) is -24.0. The van der Waals surface area contributed by atoms with E-state index in [2.05, 4.69) is 0 Å². The summed E-state index contributed by atoms with van der Waals surface area (Å²) in [6.45, 7) is 0. The van der Waals surface area contributed by atoms with Crippen molar-refractivity contribution in [3.05, 3.63) is 0 Å². The van der Waals surface area contributed by atoms with Crippen molar-refractivity contribution >= 4 is 0 Å². The van der Waals surface area contributed by atoms with Gasteiger partial charge in [-0.05, 0) is 0 Å². The zero-order chi connectivity index (χ0) is 0. The van der Waals surface area contributed by atoms with Gasteiger partial charge in [-0.25, -0.2) is 0 Å². The maximum Gasteiger partial charge on any atom is 1.00 e. The first kappa shape index (κ1) is 60.4. The molecule has 0 N–H and O–H groups in total. The number of halogens is 4. The molecule has 0 bridgehead atoms. The molecular formula is I4Na4. The summed E-state index contributed by atoms with van der Waals surface area (Å²) in [5, 5.41) is 0. The summed E-state index contributed by atoms with van der Waals surface area (Å²) in [7, 11) is 0. The molecule has 0 aliphatic rings. The Morgan fingerprint density at radius 2 is 0.250 bits per heavy atom. The third kappa shape index (κ3) is 38.3. The van der Waals surface area contributed by atoms with E-state index in [9.17, 15) is 0 Å². The van der Waals surface area contributed by atoms with Crippen molar-refractivity contribution in [2.75, 3.05) is 0 Å². The van der Waals surface area contributed by atoms with Crippen LogP contribution in [0.2, 0.25) is 0 Å². The van der Waals surface area contributed by atoms with Gasteiger partial charge in [0.2, 0.25) is 0 Å². The van der Waals surface area contributed by atoms with Gasteiger partial charge in [0.25, 0.3) is 0 Å². The van der Waals surface area contributed by atoms with E-state index >= 15 is 0 Å². The molecule has 0 aliphatic heterocycles. The summed E-state index contributed by atoms with van der Waals surface area (Å²) in [6, 6.07) is 0. The Kier molecular flexibility index (Phi) is 366. The number of hydrogen-bond acceptors (Lipinski definition) is 0. The third-order valence-electron chi connectivity index (χ3n) is 0. The van der Waals surface area contributed by atoms with Crippen LogP contribution >= 0.6 is 0 Å². The van der Waals surface area contributed by atoms with Crippen LogP contribution in [0.3, 0.4) is 0 Å². The summed E-state index contributed by atoms with van der Waals surface area (Å²) >= 11 is 0. The van der Waals surface area contributed by atoms with E-state index in [1.165, 1.54) is 0 Å². The van der Waals surface area contributed by atoms with E-state index in [1.807, 2.05) is 0 Å². The molecule has 0 spiro atoms. The minimum atomic E-state index is 0. The molecule has 8 heteroatoms. The summed E-state index contributed by atoms with van der Waals surface area (Å²) in [6.07, 6.45) is 0. The van der Waals surface area contributed by atoms with E-state index in [1.54, 1.807) is 0 Å². The van der Waals surface area contributed by atoms with Gasteiger partial charge in [0, 0.05) is 0 Å². The van der Waals surface area contributed by atoms with Crippen molar-refractivity contribution in [1.82, 2.24) is 0 Å². The Morgan fingerprint density at radius 3 is 0.250 bits per heavy atom. The van der Waals surface area contributed by atoms with Gasteiger partial charge >= 0.3 is 118 Å². The second-order valence-electron chi connectivity index (χ2n) is 0. The maximum atomic E-state index is 0. The summed E-state index contributed by atoms with van der Waals surface area (Å²) in [5.41, 5.74) is 0. The Hall–Kier alpha value is 6.92. The molecule has 0 rings (SSSR count). The average molecular weight is 600 g/mol. The van der Waals surface area contributed by atoms with Gasteiger partial charge in [0.15, 0.2) is 0 Å². The smallest absolute Gasteiger partial charge is 1.00 e. The average Bonchev–Trinajstić information content (AvgIpc) is 0. The SMILES string of the molecule is [I-].[I-].[I-].[I-].[Na+].[Na+].[Na+].[Na+]. The Bertz CT molecular complexity index is 8.00. The predicted molar refractivity (Wildman–Crippen MR) is 0 cm³/mol. The van der Waals surface area contributed by atoms with Gasteiger partial charge in [-0.15, -0.1) is 0 Å². The quantitative estimate of drug-likeness (QED) is 0.192. The summed E-state index contributed by atoms with van der Waals surface area (Å²) < 4.78 is 0. The first-order valence-corrected chi connectivity index (χ1v) is 0. The Balaban J connectivity index is 0. The fourth-order valence-corrected chi connectivity index (χ4v) is 0. The van der Waals surface area contributed by atoms with Crippen LogP contribution in [0.1, 0.15) is 0 Å². The molecule has 0 aromatic carbocycles. The summed E-state index contributed by atoms with van der Waals surface area (Å²) in [5.74, 6) is 0. The first-order valence-electron chi connectivity index (χ1n) is 0. The zero-order valence-corrected chi connectivity index (χ0v) is 22.1. The molecule has 0 heterocycles. The Morgan fingerprint density at radius 1 is 0.250 bits per heavy atom. The van der Waals surface area contributed by atoms with Crippen LogP contribution in [0.25, 0.3) is 0 Å². The third-order valence-corrected chi connectivity index (χ3v) is 0. The van der Waals surface area contributed by atoms with Crippen LogP contribution < -0.4 is 214 Å². The molecule has 0 amide bonds. The van der Waals surface area contributed by atoms with E-state index in [0.717, 1.165) is 0 Å². The van der Waals surface area contributed by atoms with Crippen molar-refractivity contribution < 1.29 is 214 Å². The first-order chi connectivity index (χ1) is 0. The number of hydrogen-bond donors (Lipinski definition) is 0. The van der Waals surface area contributed by atoms with Gasteiger partial charge in [-0.1, -0.05) is 0 Å². The van der Waals surface area contributed by atoms with Crippen LogP contribution in [0.5, 0.6) is 0 Å². The minimum Gasteiger partial charge on any atom is -1.00 e. The second-order valence-corrected chi connectivity index (χ2v) is 0. The largest absolute Gasteiger partial charge is 1.00 e. The molecule has 0 nitrogen and oxygen atoms in total. The van der Waals surface area contributed by atoms with Gasteiger partial charge in [0.05, 0.1) is 0 Å². The fourth-order valence-electron chi connectivity index (χ4n) is 0. The van der Waals surface area contributed by atoms with E-state index in [0.29, 0.717) is 0 Å². The number of rotatable bonds is 0. The normalized spacial score (nSPS) is 0. The van der Waals surface area contributed by atoms with Crippen LogP contribution in [-0.4, -0.2) is 0 Å². The molecule has 0 aromatic rings. The van der Waals surface area contributed by atoms with Crippen molar-refractivity contribution in [2.24, 2.45) is 0 Å². The Labute approximate surface area is 208 Å². The monoisotopic (exact) mass is 600 g/mol. The minimum absolute atomic E-state index is 0. The maximum absolute atomic E-state index is 0. The van der Waals surface area contributed by atoms with E-state index in [4.69, 9.17) is 0 Å². The standard InChI is InChI=1S/4HI.4Na/h4*1H;;;;/q;;;;4*+1/p-4. The molecular weight excluding hydrogens is 600 g/mol. The van der Waals surface area contributed by atoms with Gasteiger partial charge in [-0.2, -0.15) is 0 Å². The molecule has 0 radical (unpaired) electrons. The van der Waals surface area contributed by atoms with Crippen LogP contribution in [0.15, 0.2) is 0 Å². The van der Waals surface area contributed by atoms with Gasteiger partial charge in [0.1, 0.15) is 0 Å². The van der Waals surface area contributed by atoms with E-state index in [-0.39, 0.29) is 214 Å². The van der Waals surface area contributed by atoms with Crippen molar-refractivity contribution in [3.63, 3.8) is 0 Å². The van der Waals surface area contributed by atoms with Crippen LogP contribution in [0.4, 0.5) is 0 Å².